The molecule has 0 bridgehead atoms. The van der Waals surface area contributed by atoms with Crippen molar-refractivity contribution in [2.24, 2.45) is 11.8 Å². The Bertz CT molecular complexity index is 190. The van der Waals surface area contributed by atoms with Crippen molar-refractivity contribution in [1.82, 2.24) is 0 Å². The number of allylic oxidation sites excluding steroid dienone is 2. The van der Waals surface area contributed by atoms with E-state index in [0.29, 0.717) is 12.3 Å². The van der Waals surface area contributed by atoms with Crippen molar-refractivity contribution < 1.29 is 4.39 Å². The lowest BCUT2D eigenvalue weighted by atomic mass is 9.90. The van der Waals surface area contributed by atoms with Crippen LogP contribution < -0.4 is 0 Å². The summed E-state index contributed by atoms with van der Waals surface area (Å²) in [6, 6.07) is 1.93. The molecule has 0 aromatic carbocycles. The second-order valence-corrected chi connectivity index (χ2v) is 2.79. The molecule has 1 nitrogen and oxygen atoms in total. The third kappa shape index (κ3) is 1.36. The molecule has 0 heterocycles. The molecule has 0 aromatic rings. The van der Waals surface area contributed by atoms with Crippen molar-refractivity contribution in [1.29, 1.82) is 5.26 Å². The Morgan fingerprint density at radius 2 is 2.40 bits per heavy atom. The maximum atomic E-state index is 12.7. The van der Waals surface area contributed by atoms with Crippen LogP contribution in [0.2, 0.25) is 0 Å². The van der Waals surface area contributed by atoms with Gasteiger partial charge in [0.15, 0.2) is 0 Å². The first-order valence-corrected chi connectivity index (χ1v) is 3.51. The number of hydrogen-bond donors (Lipinski definition) is 0. The molecule has 0 aromatic heterocycles. The summed E-state index contributed by atoms with van der Waals surface area (Å²) in [4.78, 5) is 0. The van der Waals surface area contributed by atoms with Gasteiger partial charge in [-0.2, -0.15) is 5.26 Å². The summed E-state index contributed by atoms with van der Waals surface area (Å²) in [5, 5.41) is 8.42. The molecule has 0 saturated heterocycles. The van der Waals surface area contributed by atoms with Crippen molar-refractivity contribution in [3.8, 4) is 6.07 Å². The Labute approximate surface area is 60.2 Å². The number of hydrogen-bond acceptors (Lipinski definition) is 1. The van der Waals surface area contributed by atoms with E-state index in [1.165, 1.54) is 0 Å². The Hall–Kier alpha value is -0.840. The molecule has 1 aliphatic carbocycles. The monoisotopic (exact) mass is 139 g/mol. The predicted molar refractivity (Wildman–Crippen MR) is 36.7 cm³/mol. The molecule has 0 radical (unpaired) electrons. The topological polar surface area (TPSA) is 23.8 Å². The van der Waals surface area contributed by atoms with Crippen molar-refractivity contribution in [2.45, 2.75) is 19.8 Å². The molecule has 0 amide bonds. The van der Waals surface area contributed by atoms with Crippen LogP contribution in [0.25, 0.3) is 0 Å². The van der Waals surface area contributed by atoms with Crippen LogP contribution in [0.1, 0.15) is 19.8 Å². The van der Waals surface area contributed by atoms with Gasteiger partial charge in [-0.15, -0.1) is 0 Å². The molecule has 0 spiro atoms. The van der Waals surface area contributed by atoms with Crippen LogP contribution in [0.3, 0.4) is 0 Å². The van der Waals surface area contributed by atoms with E-state index in [9.17, 15) is 4.39 Å². The lowest BCUT2D eigenvalue weighted by molar-refractivity contribution is 0.426. The lowest BCUT2D eigenvalue weighted by Gasteiger charge is -2.16. The van der Waals surface area contributed by atoms with Crippen LogP contribution >= 0.6 is 0 Å². The molecule has 2 atom stereocenters. The second-order valence-electron chi connectivity index (χ2n) is 2.79. The molecule has 2 unspecified atom stereocenters. The van der Waals surface area contributed by atoms with Gasteiger partial charge in [0.05, 0.1) is 12.0 Å². The summed E-state index contributed by atoms with van der Waals surface area (Å²) < 4.78 is 12.7. The number of nitrogens with zero attached hydrogens (tertiary/aromatic N) is 1. The smallest absolute Gasteiger partial charge is 0.113 e. The standard InChI is InChI=1S/C8H10FN/c1-6-2-3-7(5-10)8(9)4-6/h4,6-7H,2-3H2,1H3. The Balaban J connectivity index is 2.69. The van der Waals surface area contributed by atoms with E-state index in [1.807, 2.05) is 13.0 Å². The fourth-order valence-electron chi connectivity index (χ4n) is 1.16. The molecule has 2 heteroatoms. The zero-order valence-corrected chi connectivity index (χ0v) is 5.97. The molecule has 10 heavy (non-hydrogen) atoms. The minimum Gasteiger partial charge on any atom is -0.211 e. The molecule has 1 rings (SSSR count). The SMILES string of the molecule is CC1C=C(F)C(C#N)CC1. The van der Waals surface area contributed by atoms with Gasteiger partial charge >= 0.3 is 0 Å². The van der Waals surface area contributed by atoms with Crippen molar-refractivity contribution in [3.63, 3.8) is 0 Å². The minimum atomic E-state index is -0.462. The number of halogens is 1. The van der Waals surface area contributed by atoms with E-state index in [1.54, 1.807) is 6.08 Å². The fraction of sp³-hybridized carbons (Fsp3) is 0.625. The Morgan fingerprint density at radius 1 is 1.70 bits per heavy atom. The average molecular weight is 139 g/mol. The van der Waals surface area contributed by atoms with Crippen molar-refractivity contribution >= 4 is 0 Å². The summed E-state index contributed by atoms with van der Waals surface area (Å²) in [6.07, 6.45) is 3.17. The molecule has 0 aliphatic heterocycles. The molecule has 1 aliphatic rings. The summed E-state index contributed by atoms with van der Waals surface area (Å²) in [7, 11) is 0. The lowest BCUT2D eigenvalue weighted by Crippen LogP contribution is -2.08. The molecule has 0 saturated carbocycles. The third-order valence-electron chi connectivity index (χ3n) is 1.84. The zero-order valence-electron chi connectivity index (χ0n) is 5.97. The minimum absolute atomic E-state index is 0.235. The maximum Gasteiger partial charge on any atom is 0.113 e. The Kier molecular flexibility index (Phi) is 2.06. The average Bonchev–Trinajstić information content (AvgIpc) is 1.88. The van der Waals surface area contributed by atoms with Crippen LogP contribution in [0.15, 0.2) is 11.9 Å². The van der Waals surface area contributed by atoms with Crippen LogP contribution in [-0.4, -0.2) is 0 Å². The van der Waals surface area contributed by atoms with Gasteiger partial charge in [0.25, 0.3) is 0 Å². The second kappa shape index (κ2) is 2.83. The van der Waals surface area contributed by atoms with E-state index in [2.05, 4.69) is 0 Å². The summed E-state index contributed by atoms with van der Waals surface area (Å²) in [5.74, 6) is -0.387. The van der Waals surface area contributed by atoms with Gasteiger partial charge in [0, 0.05) is 0 Å². The quantitative estimate of drug-likeness (QED) is 0.505. The highest BCUT2D eigenvalue weighted by Gasteiger charge is 2.19. The molecule has 0 N–H and O–H groups in total. The van der Waals surface area contributed by atoms with E-state index in [0.717, 1.165) is 6.42 Å². The van der Waals surface area contributed by atoms with Gasteiger partial charge in [0.2, 0.25) is 0 Å². The van der Waals surface area contributed by atoms with Crippen LogP contribution in [0.5, 0.6) is 0 Å². The van der Waals surface area contributed by atoms with Gasteiger partial charge in [-0.1, -0.05) is 6.92 Å². The maximum absolute atomic E-state index is 12.7. The van der Waals surface area contributed by atoms with Crippen molar-refractivity contribution in [2.75, 3.05) is 0 Å². The Morgan fingerprint density at radius 3 is 2.90 bits per heavy atom. The summed E-state index contributed by atoms with van der Waals surface area (Å²) in [6.45, 7) is 1.97. The van der Waals surface area contributed by atoms with Gasteiger partial charge in [-0.05, 0) is 24.8 Å². The highest BCUT2D eigenvalue weighted by molar-refractivity contribution is 5.11. The van der Waals surface area contributed by atoms with E-state index < -0.39 is 5.92 Å². The molecular weight excluding hydrogens is 129 g/mol. The summed E-state index contributed by atoms with van der Waals surface area (Å²) in [5.41, 5.74) is 0. The molecule has 0 fully saturated rings. The van der Waals surface area contributed by atoms with Crippen LogP contribution in [0, 0.1) is 23.2 Å². The van der Waals surface area contributed by atoms with Crippen LogP contribution in [-0.2, 0) is 0 Å². The zero-order chi connectivity index (χ0) is 7.56. The first-order chi connectivity index (χ1) is 4.74. The first kappa shape index (κ1) is 7.27. The van der Waals surface area contributed by atoms with Gasteiger partial charge in [0.1, 0.15) is 5.83 Å². The summed E-state index contributed by atoms with van der Waals surface area (Å²) >= 11 is 0. The number of rotatable bonds is 0. The van der Waals surface area contributed by atoms with Gasteiger partial charge < -0.3 is 0 Å². The fourth-order valence-corrected chi connectivity index (χ4v) is 1.16. The molecular formula is C8H10FN. The van der Waals surface area contributed by atoms with Gasteiger partial charge in [-0.25, -0.2) is 4.39 Å². The first-order valence-electron chi connectivity index (χ1n) is 3.51. The largest absolute Gasteiger partial charge is 0.211 e. The van der Waals surface area contributed by atoms with Crippen molar-refractivity contribution in [3.05, 3.63) is 11.9 Å². The van der Waals surface area contributed by atoms with E-state index in [4.69, 9.17) is 5.26 Å². The van der Waals surface area contributed by atoms with E-state index >= 15 is 0 Å². The highest BCUT2D eigenvalue weighted by atomic mass is 19.1. The normalized spacial score (nSPS) is 32.7. The number of nitriles is 1. The van der Waals surface area contributed by atoms with Gasteiger partial charge in [-0.3, -0.25) is 0 Å². The van der Waals surface area contributed by atoms with Crippen LogP contribution in [0.4, 0.5) is 4.39 Å². The highest BCUT2D eigenvalue weighted by Crippen LogP contribution is 2.28. The predicted octanol–water partition coefficient (Wildman–Crippen LogP) is 2.41. The van der Waals surface area contributed by atoms with E-state index in [-0.39, 0.29) is 5.83 Å². The molecule has 54 valence electrons. The third-order valence-corrected chi connectivity index (χ3v) is 1.84.